The summed E-state index contributed by atoms with van der Waals surface area (Å²) in [5, 5.41) is 0.550. The van der Waals surface area contributed by atoms with E-state index in [4.69, 9.17) is 4.74 Å². The highest BCUT2D eigenvalue weighted by Gasteiger charge is 2.20. The van der Waals surface area contributed by atoms with E-state index in [1.807, 2.05) is 37.2 Å². The normalized spacial score (nSPS) is 11.1. The number of para-hydroxylation sites is 1. The largest absolute Gasteiger partial charge is 0.484 e. The standard InChI is InChI=1S/C19H20FN3O2S/c1-22(2)10-11-23(18(24)13-25-15-6-4-3-5-7-15)19-21-16-9-8-14(20)12-17(16)26-19/h3-9,12H,10-11,13H2,1-2H3. The van der Waals surface area contributed by atoms with Crippen LogP contribution >= 0.6 is 11.3 Å². The van der Waals surface area contributed by atoms with Gasteiger partial charge in [0.25, 0.3) is 5.91 Å². The molecule has 0 unspecified atom stereocenters. The van der Waals surface area contributed by atoms with Crippen LogP contribution in [0, 0.1) is 5.82 Å². The predicted octanol–water partition coefficient (Wildman–Crippen LogP) is 3.41. The first-order chi connectivity index (χ1) is 12.5. The first kappa shape index (κ1) is 18.3. The molecule has 7 heteroatoms. The highest BCUT2D eigenvalue weighted by molar-refractivity contribution is 7.22. The summed E-state index contributed by atoms with van der Waals surface area (Å²) in [7, 11) is 3.88. The van der Waals surface area contributed by atoms with Gasteiger partial charge in [-0.15, -0.1) is 0 Å². The highest BCUT2D eigenvalue weighted by Crippen LogP contribution is 2.29. The van der Waals surface area contributed by atoms with Crippen LogP contribution < -0.4 is 9.64 Å². The van der Waals surface area contributed by atoms with Crippen LogP contribution in [0.1, 0.15) is 0 Å². The molecule has 0 spiro atoms. The van der Waals surface area contributed by atoms with Crippen LogP contribution in [0.15, 0.2) is 48.5 Å². The average Bonchev–Trinajstić information content (AvgIpc) is 3.03. The Balaban J connectivity index is 1.79. The second-order valence-electron chi connectivity index (χ2n) is 6.06. The molecule has 26 heavy (non-hydrogen) atoms. The van der Waals surface area contributed by atoms with Crippen LogP contribution in [0.3, 0.4) is 0 Å². The molecule has 1 amide bonds. The van der Waals surface area contributed by atoms with Crippen LogP contribution in [-0.4, -0.2) is 49.6 Å². The number of carbonyl (C=O) groups excluding carboxylic acids is 1. The van der Waals surface area contributed by atoms with Gasteiger partial charge in [-0.2, -0.15) is 0 Å². The van der Waals surface area contributed by atoms with Gasteiger partial charge >= 0.3 is 0 Å². The van der Waals surface area contributed by atoms with Crippen LogP contribution in [-0.2, 0) is 4.79 Å². The molecule has 0 N–H and O–H groups in total. The van der Waals surface area contributed by atoms with Crippen molar-refractivity contribution in [1.82, 2.24) is 9.88 Å². The minimum atomic E-state index is -0.314. The zero-order valence-electron chi connectivity index (χ0n) is 14.7. The SMILES string of the molecule is CN(C)CCN(C(=O)COc1ccccc1)c1nc2ccc(F)cc2s1. The van der Waals surface area contributed by atoms with Gasteiger partial charge in [-0.3, -0.25) is 9.69 Å². The monoisotopic (exact) mass is 373 g/mol. The summed E-state index contributed by atoms with van der Waals surface area (Å²) in [6.07, 6.45) is 0. The number of carbonyl (C=O) groups is 1. The van der Waals surface area contributed by atoms with Gasteiger partial charge in [0.1, 0.15) is 11.6 Å². The maximum Gasteiger partial charge on any atom is 0.266 e. The molecule has 0 radical (unpaired) electrons. The van der Waals surface area contributed by atoms with Crippen molar-refractivity contribution in [2.24, 2.45) is 0 Å². The lowest BCUT2D eigenvalue weighted by molar-refractivity contribution is -0.120. The van der Waals surface area contributed by atoms with Crippen molar-refractivity contribution in [2.45, 2.75) is 0 Å². The number of likely N-dealkylation sites (N-methyl/N-ethyl adjacent to an activating group) is 1. The maximum absolute atomic E-state index is 13.4. The maximum atomic E-state index is 13.4. The van der Waals surface area contributed by atoms with E-state index in [-0.39, 0.29) is 18.3 Å². The number of thiazole rings is 1. The Morgan fingerprint density at radius 2 is 1.92 bits per heavy atom. The van der Waals surface area contributed by atoms with E-state index >= 15 is 0 Å². The summed E-state index contributed by atoms with van der Waals surface area (Å²) >= 11 is 1.30. The van der Waals surface area contributed by atoms with E-state index < -0.39 is 0 Å². The number of nitrogens with zero attached hydrogens (tertiary/aromatic N) is 3. The van der Waals surface area contributed by atoms with Crippen molar-refractivity contribution in [1.29, 1.82) is 0 Å². The molecule has 0 saturated carbocycles. The summed E-state index contributed by atoms with van der Waals surface area (Å²) in [5.74, 6) is 0.140. The Morgan fingerprint density at radius 1 is 1.15 bits per heavy atom. The molecule has 2 aromatic carbocycles. The molecule has 0 aliphatic heterocycles. The number of hydrogen-bond donors (Lipinski definition) is 0. The third-order valence-electron chi connectivity index (χ3n) is 3.75. The van der Waals surface area contributed by atoms with Crippen molar-refractivity contribution in [2.75, 3.05) is 38.7 Å². The lowest BCUT2D eigenvalue weighted by Crippen LogP contribution is -2.39. The van der Waals surface area contributed by atoms with Gasteiger partial charge in [0.15, 0.2) is 11.7 Å². The first-order valence-electron chi connectivity index (χ1n) is 8.22. The third-order valence-corrected chi connectivity index (χ3v) is 4.79. The summed E-state index contributed by atoms with van der Waals surface area (Å²) in [6, 6.07) is 13.6. The number of hydrogen-bond acceptors (Lipinski definition) is 5. The molecule has 0 aliphatic rings. The van der Waals surface area contributed by atoms with Gasteiger partial charge in [0.05, 0.1) is 10.2 Å². The van der Waals surface area contributed by atoms with Gasteiger partial charge in [-0.05, 0) is 44.4 Å². The molecule has 3 rings (SSSR count). The van der Waals surface area contributed by atoms with Crippen LogP contribution in [0.5, 0.6) is 5.75 Å². The van der Waals surface area contributed by atoms with Crippen molar-refractivity contribution in [3.8, 4) is 5.75 Å². The Labute approximate surface area is 155 Å². The number of amides is 1. The second kappa shape index (κ2) is 8.25. The van der Waals surface area contributed by atoms with E-state index in [2.05, 4.69) is 4.98 Å². The fourth-order valence-electron chi connectivity index (χ4n) is 2.37. The molecule has 136 valence electrons. The van der Waals surface area contributed by atoms with Gasteiger partial charge in [-0.25, -0.2) is 9.37 Å². The first-order valence-corrected chi connectivity index (χ1v) is 9.03. The summed E-state index contributed by atoms with van der Waals surface area (Å²) in [4.78, 5) is 20.8. The van der Waals surface area contributed by atoms with Crippen LogP contribution in [0.25, 0.3) is 10.2 Å². The highest BCUT2D eigenvalue weighted by atomic mass is 32.1. The number of fused-ring (bicyclic) bond motifs is 1. The Kier molecular flexibility index (Phi) is 5.80. The zero-order chi connectivity index (χ0) is 18.5. The number of anilines is 1. The molecule has 0 saturated heterocycles. The Bertz CT molecular complexity index is 883. The molecule has 0 fully saturated rings. The van der Waals surface area contributed by atoms with Crippen molar-refractivity contribution >= 4 is 32.6 Å². The van der Waals surface area contributed by atoms with Crippen LogP contribution in [0.4, 0.5) is 9.52 Å². The molecule has 1 heterocycles. The second-order valence-corrected chi connectivity index (χ2v) is 7.07. The van der Waals surface area contributed by atoms with E-state index in [0.29, 0.717) is 34.2 Å². The van der Waals surface area contributed by atoms with E-state index in [9.17, 15) is 9.18 Å². The molecule has 5 nitrogen and oxygen atoms in total. The topological polar surface area (TPSA) is 45.7 Å². The van der Waals surface area contributed by atoms with Gasteiger partial charge in [0.2, 0.25) is 0 Å². The van der Waals surface area contributed by atoms with Gasteiger partial charge in [-0.1, -0.05) is 29.5 Å². The number of benzene rings is 2. The van der Waals surface area contributed by atoms with Crippen molar-refractivity contribution < 1.29 is 13.9 Å². The molecule has 1 aromatic heterocycles. The fraction of sp³-hybridized carbons (Fsp3) is 0.263. The Hall–Kier alpha value is -2.51. The molecule has 0 aliphatic carbocycles. The predicted molar refractivity (Wildman–Crippen MR) is 102 cm³/mol. The minimum Gasteiger partial charge on any atom is -0.484 e. The van der Waals surface area contributed by atoms with E-state index in [1.54, 1.807) is 23.1 Å². The fourth-order valence-corrected chi connectivity index (χ4v) is 3.40. The molecule has 0 bridgehead atoms. The van der Waals surface area contributed by atoms with Gasteiger partial charge in [0, 0.05) is 13.1 Å². The molecule has 3 aromatic rings. The number of ether oxygens (including phenoxy) is 1. The summed E-state index contributed by atoms with van der Waals surface area (Å²) in [6.45, 7) is 1.08. The number of rotatable bonds is 7. The minimum absolute atomic E-state index is 0.0816. The number of aromatic nitrogens is 1. The van der Waals surface area contributed by atoms with E-state index in [0.717, 1.165) is 0 Å². The smallest absolute Gasteiger partial charge is 0.266 e. The lowest BCUT2D eigenvalue weighted by Gasteiger charge is -2.22. The summed E-state index contributed by atoms with van der Waals surface area (Å²) in [5.41, 5.74) is 0.679. The Morgan fingerprint density at radius 3 is 2.65 bits per heavy atom. The van der Waals surface area contributed by atoms with Crippen molar-refractivity contribution in [3.05, 3.63) is 54.3 Å². The van der Waals surface area contributed by atoms with Crippen molar-refractivity contribution in [3.63, 3.8) is 0 Å². The molecule has 0 atom stereocenters. The quantitative estimate of drug-likeness (QED) is 0.637. The summed E-state index contributed by atoms with van der Waals surface area (Å²) < 4.78 is 19.7. The zero-order valence-corrected chi connectivity index (χ0v) is 15.5. The third kappa shape index (κ3) is 4.56. The number of halogens is 1. The molecular formula is C19H20FN3O2S. The van der Waals surface area contributed by atoms with Crippen LogP contribution in [0.2, 0.25) is 0 Å². The lowest BCUT2D eigenvalue weighted by atomic mass is 10.3. The average molecular weight is 373 g/mol. The van der Waals surface area contributed by atoms with E-state index in [1.165, 1.54) is 23.5 Å². The van der Waals surface area contributed by atoms with Gasteiger partial charge < -0.3 is 9.64 Å². The molecular weight excluding hydrogens is 353 g/mol.